The molecular formula is C13H26N4. The summed E-state index contributed by atoms with van der Waals surface area (Å²) >= 11 is 0. The molecule has 0 aliphatic heterocycles. The van der Waals surface area contributed by atoms with Gasteiger partial charge in [-0.05, 0) is 32.2 Å². The highest BCUT2D eigenvalue weighted by Crippen LogP contribution is 2.10. The lowest BCUT2D eigenvalue weighted by atomic mass is 9.99. The molecule has 0 aliphatic rings. The minimum absolute atomic E-state index is 0.581. The molecule has 1 unspecified atom stereocenters. The Labute approximate surface area is 105 Å². The van der Waals surface area contributed by atoms with Crippen LogP contribution in [0, 0.1) is 5.92 Å². The zero-order chi connectivity index (χ0) is 12.7. The summed E-state index contributed by atoms with van der Waals surface area (Å²) in [5.74, 6) is 1.77. The lowest BCUT2D eigenvalue weighted by molar-refractivity contribution is 0.373. The quantitative estimate of drug-likeness (QED) is 0.755. The Balaban J connectivity index is 2.45. The molecule has 1 rings (SSSR count). The lowest BCUT2D eigenvalue weighted by Crippen LogP contribution is -2.35. The smallest absolute Gasteiger partial charge is 0.138 e. The van der Waals surface area contributed by atoms with Gasteiger partial charge in [0.2, 0.25) is 0 Å². The fourth-order valence-corrected chi connectivity index (χ4v) is 2.03. The van der Waals surface area contributed by atoms with Gasteiger partial charge in [0, 0.05) is 19.0 Å². The van der Waals surface area contributed by atoms with E-state index < -0.39 is 0 Å². The Bertz CT molecular complexity index is 306. The molecule has 0 spiro atoms. The van der Waals surface area contributed by atoms with Crippen molar-refractivity contribution in [3.05, 3.63) is 12.2 Å². The Kier molecular flexibility index (Phi) is 6.19. The third-order valence-electron chi connectivity index (χ3n) is 3.14. The fraction of sp³-hybridized carbons (Fsp3) is 0.846. The van der Waals surface area contributed by atoms with Gasteiger partial charge in [0.25, 0.3) is 0 Å². The van der Waals surface area contributed by atoms with E-state index in [1.165, 1.54) is 6.42 Å². The molecule has 0 radical (unpaired) electrons. The van der Waals surface area contributed by atoms with Gasteiger partial charge >= 0.3 is 0 Å². The third-order valence-corrected chi connectivity index (χ3v) is 3.14. The van der Waals surface area contributed by atoms with Crippen LogP contribution in [0.2, 0.25) is 0 Å². The standard InChI is InChI=1S/C13H26N4/c1-5-9-14-12(11(3)4)7-8-13-15-10-16-17(13)6-2/h10-12,14H,5-9H2,1-4H3. The van der Waals surface area contributed by atoms with Crippen molar-refractivity contribution in [1.29, 1.82) is 0 Å². The number of hydrogen-bond donors (Lipinski definition) is 1. The molecule has 4 nitrogen and oxygen atoms in total. The number of nitrogens with zero attached hydrogens (tertiary/aromatic N) is 3. The first-order chi connectivity index (χ1) is 8.19. The summed E-state index contributed by atoms with van der Waals surface area (Å²) in [5.41, 5.74) is 0. The molecule has 1 atom stereocenters. The number of aromatic nitrogens is 3. The predicted octanol–water partition coefficient (Wildman–Crippen LogP) is 2.25. The first-order valence-corrected chi connectivity index (χ1v) is 6.79. The van der Waals surface area contributed by atoms with Gasteiger partial charge in [-0.25, -0.2) is 4.98 Å². The van der Waals surface area contributed by atoms with Gasteiger partial charge in [0.1, 0.15) is 12.2 Å². The van der Waals surface area contributed by atoms with E-state index in [0.29, 0.717) is 12.0 Å². The van der Waals surface area contributed by atoms with Crippen LogP contribution in [0.1, 0.15) is 46.4 Å². The molecule has 4 heteroatoms. The molecule has 0 amide bonds. The summed E-state index contributed by atoms with van der Waals surface area (Å²) < 4.78 is 1.98. The molecule has 1 N–H and O–H groups in total. The van der Waals surface area contributed by atoms with E-state index in [9.17, 15) is 0 Å². The molecular weight excluding hydrogens is 212 g/mol. The van der Waals surface area contributed by atoms with Crippen molar-refractivity contribution in [1.82, 2.24) is 20.1 Å². The minimum atomic E-state index is 0.581. The van der Waals surface area contributed by atoms with Gasteiger partial charge in [-0.2, -0.15) is 5.10 Å². The van der Waals surface area contributed by atoms with E-state index in [2.05, 4.69) is 43.1 Å². The lowest BCUT2D eigenvalue weighted by Gasteiger charge is -2.22. The number of nitrogens with one attached hydrogen (secondary N) is 1. The van der Waals surface area contributed by atoms with E-state index >= 15 is 0 Å². The summed E-state index contributed by atoms with van der Waals surface area (Å²) in [5, 5.41) is 7.82. The van der Waals surface area contributed by atoms with Gasteiger partial charge in [0.05, 0.1) is 0 Å². The molecule has 0 aliphatic carbocycles. The van der Waals surface area contributed by atoms with Crippen LogP contribution in [0.4, 0.5) is 0 Å². The van der Waals surface area contributed by atoms with Gasteiger partial charge in [-0.15, -0.1) is 0 Å². The van der Waals surface area contributed by atoms with Crippen molar-refractivity contribution < 1.29 is 0 Å². The molecule has 1 aromatic heterocycles. The molecule has 0 bridgehead atoms. The molecule has 17 heavy (non-hydrogen) atoms. The second kappa shape index (κ2) is 7.43. The zero-order valence-electron chi connectivity index (χ0n) is 11.6. The summed E-state index contributed by atoms with van der Waals surface area (Å²) in [6.45, 7) is 10.9. The molecule has 0 saturated carbocycles. The Morgan fingerprint density at radius 1 is 1.35 bits per heavy atom. The highest BCUT2D eigenvalue weighted by Gasteiger charge is 2.13. The molecule has 0 fully saturated rings. The third kappa shape index (κ3) is 4.46. The van der Waals surface area contributed by atoms with Crippen LogP contribution in [0.5, 0.6) is 0 Å². The van der Waals surface area contributed by atoms with Gasteiger partial charge in [-0.1, -0.05) is 20.8 Å². The first-order valence-electron chi connectivity index (χ1n) is 6.79. The highest BCUT2D eigenvalue weighted by atomic mass is 15.3. The summed E-state index contributed by atoms with van der Waals surface area (Å²) in [6.07, 6.45) is 4.99. The first kappa shape index (κ1) is 14.2. The summed E-state index contributed by atoms with van der Waals surface area (Å²) in [4.78, 5) is 4.32. The predicted molar refractivity (Wildman–Crippen MR) is 70.9 cm³/mol. The fourth-order valence-electron chi connectivity index (χ4n) is 2.03. The number of hydrogen-bond acceptors (Lipinski definition) is 3. The van der Waals surface area contributed by atoms with Gasteiger partial charge in [0.15, 0.2) is 0 Å². The van der Waals surface area contributed by atoms with Crippen LogP contribution in [-0.2, 0) is 13.0 Å². The van der Waals surface area contributed by atoms with Crippen LogP contribution in [-0.4, -0.2) is 27.4 Å². The van der Waals surface area contributed by atoms with Gasteiger partial charge < -0.3 is 5.32 Å². The molecule has 0 aromatic carbocycles. The van der Waals surface area contributed by atoms with Crippen LogP contribution >= 0.6 is 0 Å². The topological polar surface area (TPSA) is 42.7 Å². The van der Waals surface area contributed by atoms with E-state index in [4.69, 9.17) is 0 Å². The van der Waals surface area contributed by atoms with Crippen LogP contribution in [0.25, 0.3) is 0 Å². The summed E-state index contributed by atoms with van der Waals surface area (Å²) in [6, 6.07) is 0.581. The van der Waals surface area contributed by atoms with Crippen LogP contribution in [0.3, 0.4) is 0 Å². The Hall–Kier alpha value is -0.900. The molecule has 1 aromatic rings. The van der Waals surface area contributed by atoms with Crippen LogP contribution < -0.4 is 5.32 Å². The monoisotopic (exact) mass is 238 g/mol. The van der Waals surface area contributed by atoms with E-state index in [1.54, 1.807) is 6.33 Å². The van der Waals surface area contributed by atoms with E-state index in [1.807, 2.05) is 4.68 Å². The van der Waals surface area contributed by atoms with Crippen molar-refractivity contribution in [3.8, 4) is 0 Å². The second-order valence-electron chi connectivity index (χ2n) is 4.84. The average molecular weight is 238 g/mol. The maximum Gasteiger partial charge on any atom is 0.138 e. The van der Waals surface area contributed by atoms with Crippen molar-refractivity contribution >= 4 is 0 Å². The van der Waals surface area contributed by atoms with E-state index in [-0.39, 0.29) is 0 Å². The van der Waals surface area contributed by atoms with E-state index in [0.717, 1.165) is 31.8 Å². The van der Waals surface area contributed by atoms with Crippen molar-refractivity contribution in [2.24, 2.45) is 5.92 Å². The van der Waals surface area contributed by atoms with Crippen molar-refractivity contribution in [2.75, 3.05) is 6.54 Å². The molecule has 1 heterocycles. The normalized spacial score (nSPS) is 13.2. The number of rotatable bonds is 8. The maximum absolute atomic E-state index is 4.32. The Morgan fingerprint density at radius 3 is 2.71 bits per heavy atom. The average Bonchev–Trinajstić information content (AvgIpc) is 2.76. The van der Waals surface area contributed by atoms with Crippen molar-refractivity contribution in [3.63, 3.8) is 0 Å². The SMILES string of the molecule is CCCNC(CCc1ncnn1CC)C(C)C. The second-order valence-corrected chi connectivity index (χ2v) is 4.84. The zero-order valence-corrected chi connectivity index (χ0v) is 11.6. The maximum atomic E-state index is 4.32. The van der Waals surface area contributed by atoms with Gasteiger partial charge in [-0.3, -0.25) is 4.68 Å². The number of aryl methyl sites for hydroxylation is 2. The molecule has 0 saturated heterocycles. The largest absolute Gasteiger partial charge is 0.314 e. The van der Waals surface area contributed by atoms with Crippen molar-refractivity contribution in [2.45, 2.75) is 59.5 Å². The minimum Gasteiger partial charge on any atom is -0.314 e. The van der Waals surface area contributed by atoms with Crippen LogP contribution in [0.15, 0.2) is 6.33 Å². The highest BCUT2D eigenvalue weighted by molar-refractivity contribution is 4.87. The Morgan fingerprint density at radius 2 is 2.12 bits per heavy atom. The summed E-state index contributed by atoms with van der Waals surface area (Å²) in [7, 11) is 0. The molecule has 98 valence electrons.